The zero-order chi connectivity index (χ0) is 16.9. The minimum Gasteiger partial charge on any atom is -0.424 e. The Balaban J connectivity index is 1.56. The van der Waals surface area contributed by atoms with E-state index >= 15 is 0 Å². The van der Waals surface area contributed by atoms with E-state index in [1.807, 2.05) is 6.07 Å². The average Bonchev–Trinajstić information content (AvgIpc) is 2.66. The molecule has 2 aliphatic carbocycles. The normalized spacial score (nSPS) is 31.1. The molecule has 2 heterocycles. The Hall–Kier alpha value is -1.94. The van der Waals surface area contributed by atoms with Crippen LogP contribution in [0.4, 0.5) is 0 Å². The molecule has 0 unspecified atom stereocenters. The quantitative estimate of drug-likeness (QED) is 0.833. The first-order valence-corrected chi connectivity index (χ1v) is 9.55. The number of benzene rings is 1. The lowest BCUT2D eigenvalue weighted by atomic mass is 9.52. The van der Waals surface area contributed by atoms with Crippen LogP contribution >= 0.6 is 0 Å². The van der Waals surface area contributed by atoms with Gasteiger partial charge < -0.3 is 9.64 Å². The molecule has 1 aromatic heterocycles. The van der Waals surface area contributed by atoms with Crippen molar-refractivity contribution in [3.8, 4) is 11.8 Å². The fourth-order valence-corrected chi connectivity index (χ4v) is 5.68. The standard InChI is InChI=1S/C21H25N3O/c1-24-12-9-21-8-3-2-5-17(21)19(24)13-15-6-7-16(14-18(15)21)25-20-22-10-4-11-23-20/h4,6-7,10-11,14,17,19H,2-3,5,8-9,12-13H2,1H3/t17-,19+,21+/m0/s1. The predicted molar refractivity (Wildman–Crippen MR) is 96.9 cm³/mol. The summed E-state index contributed by atoms with van der Waals surface area (Å²) in [6.45, 7) is 1.22. The molecule has 1 aliphatic heterocycles. The van der Waals surface area contributed by atoms with Gasteiger partial charge in [0, 0.05) is 23.9 Å². The lowest BCUT2D eigenvalue weighted by Gasteiger charge is -2.58. The maximum Gasteiger partial charge on any atom is 0.321 e. The molecule has 3 aliphatic rings. The predicted octanol–water partition coefficient (Wildman–Crippen LogP) is 3.96. The highest BCUT2D eigenvalue weighted by molar-refractivity contribution is 5.46. The third kappa shape index (κ3) is 2.38. The van der Waals surface area contributed by atoms with E-state index in [1.54, 1.807) is 18.0 Å². The summed E-state index contributed by atoms with van der Waals surface area (Å²) >= 11 is 0. The number of likely N-dealkylation sites (tertiary alicyclic amines) is 1. The first-order chi connectivity index (χ1) is 12.3. The topological polar surface area (TPSA) is 38.2 Å². The van der Waals surface area contributed by atoms with E-state index in [2.05, 4.69) is 40.1 Å². The van der Waals surface area contributed by atoms with Crippen LogP contribution in [0.15, 0.2) is 36.7 Å². The SMILES string of the molecule is CN1CC[C@]23CCCC[C@H]2[C@H]1Cc1ccc(Oc2ncccn2)cc13. The van der Waals surface area contributed by atoms with E-state index < -0.39 is 0 Å². The van der Waals surface area contributed by atoms with E-state index in [0.717, 1.165) is 11.7 Å². The summed E-state index contributed by atoms with van der Waals surface area (Å²) < 4.78 is 5.95. The molecule has 2 fully saturated rings. The van der Waals surface area contributed by atoms with Gasteiger partial charge in [0.05, 0.1) is 0 Å². The molecule has 130 valence electrons. The number of hydrogen-bond donors (Lipinski definition) is 0. The second-order valence-electron chi connectivity index (χ2n) is 7.96. The maximum atomic E-state index is 5.95. The highest BCUT2D eigenvalue weighted by Gasteiger charge is 2.53. The van der Waals surface area contributed by atoms with Crippen LogP contribution < -0.4 is 4.74 Å². The van der Waals surface area contributed by atoms with E-state index in [4.69, 9.17) is 4.74 Å². The summed E-state index contributed by atoms with van der Waals surface area (Å²) in [6.07, 6.45) is 11.4. The van der Waals surface area contributed by atoms with E-state index in [-0.39, 0.29) is 0 Å². The number of rotatable bonds is 2. The molecule has 4 heteroatoms. The number of fused-ring (bicyclic) bond motifs is 1. The minimum absolute atomic E-state index is 0.361. The van der Waals surface area contributed by atoms with Gasteiger partial charge in [-0.3, -0.25) is 0 Å². The van der Waals surface area contributed by atoms with Crippen LogP contribution in [0, 0.1) is 5.92 Å². The number of ether oxygens (including phenoxy) is 1. The van der Waals surface area contributed by atoms with E-state index in [9.17, 15) is 0 Å². The molecule has 1 aromatic carbocycles. The van der Waals surface area contributed by atoms with Crippen molar-refractivity contribution >= 4 is 0 Å². The van der Waals surface area contributed by atoms with Crippen LogP contribution in [-0.4, -0.2) is 34.5 Å². The minimum atomic E-state index is 0.361. The van der Waals surface area contributed by atoms with Crippen molar-refractivity contribution in [2.45, 2.75) is 50.0 Å². The molecule has 1 saturated carbocycles. The molecule has 25 heavy (non-hydrogen) atoms. The first-order valence-electron chi connectivity index (χ1n) is 9.55. The number of hydrogen-bond acceptors (Lipinski definition) is 4. The van der Waals surface area contributed by atoms with Gasteiger partial charge >= 0.3 is 6.01 Å². The number of aromatic nitrogens is 2. The molecule has 1 saturated heterocycles. The average molecular weight is 335 g/mol. The molecule has 0 amide bonds. The fourth-order valence-electron chi connectivity index (χ4n) is 5.68. The lowest BCUT2D eigenvalue weighted by Crippen LogP contribution is -2.59. The second-order valence-corrected chi connectivity index (χ2v) is 7.96. The zero-order valence-electron chi connectivity index (χ0n) is 14.8. The Morgan fingerprint density at radius 3 is 2.92 bits per heavy atom. The van der Waals surface area contributed by atoms with Crippen LogP contribution in [0.25, 0.3) is 0 Å². The molecular weight excluding hydrogens is 310 g/mol. The summed E-state index contributed by atoms with van der Waals surface area (Å²) in [6, 6.07) is 9.62. The van der Waals surface area contributed by atoms with Gasteiger partial charge in [0.1, 0.15) is 5.75 Å². The van der Waals surface area contributed by atoms with E-state index in [1.165, 1.54) is 50.6 Å². The Morgan fingerprint density at radius 1 is 1.16 bits per heavy atom. The van der Waals surface area contributed by atoms with Crippen LogP contribution in [0.3, 0.4) is 0 Å². The summed E-state index contributed by atoms with van der Waals surface area (Å²) in [5.74, 6) is 1.68. The molecular formula is C21H25N3O. The Labute approximate surface area is 149 Å². The molecule has 2 bridgehead atoms. The van der Waals surface area contributed by atoms with Gasteiger partial charge in [0.2, 0.25) is 0 Å². The highest BCUT2D eigenvalue weighted by atomic mass is 16.5. The summed E-state index contributed by atoms with van der Waals surface area (Å²) in [4.78, 5) is 11.0. The van der Waals surface area contributed by atoms with Crippen molar-refractivity contribution in [1.82, 2.24) is 14.9 Å². The summed E-state index contributed by atoms with van der Waals surface area (Å²) in [5, 5.41) is 0. The molecule has 0 radical (unpaired) electrons. The molecule has 0 N–H and O–H groups in total. The largest absolute Gasteiger partial charge is 0.424 e. The molecule has 0 spiro atoms. The number of likely N-dealkylation sites (N-methyl/N-ethyl adjacent to an activating group) is 1. The first kappa shape index (κ1) is 15.3. The zero-order valence-corrected chi connectivity index (χ0v) is 14.8. The Bertz CT molecular complexity index is 778. The van der Waals surface area contributed by atoms with Crippen molar-refractivity contribution < 1.29 is 4.74 Å². The number of nitrogens with zero attached hydrogens (tertiary/aromatic N) is 3. The molecule has 3 atom stereocenters. The monoisotopic (exact) mass is 335 g/mol. The van der Waals surface area contributed by atoms with Crippen molar-refractivity contribution in [3.05, 3.63) is 47.8 Å². The fraction of sp³-hybridized carbons (Fsp3) is 0.524. The van der Waals surface area contributed by atoms with Crippen LogP contribution in [0.1, 0.15) is 43.2 Å². The Morgan fingerprint density at radius 2 is 2.04 bits per heavy atom. The highest BCUT2D eigenvalue weighted by Crippen LogP contribution is 2.56. The van der Waals surface area contributed by atoms with Crippen molar-refractivity contribution in [2.75, 3.05) is 13.6 Å². The van der Waals surface area contributed by atoms with E-state index in [0.29, 0.717) is 17.5 Å². The van der Waals surface area contributed by atoms with Crippen molar-refractivity contribution in [1.29, 1.82) is 0 Å². The second kappa shape index (κ2) is 5.80. The summed E-state index contributed by atoms with van der Waals surface area (Å²) in [7, 11) is 2.32. The third-order valence-corrected chi connectivity index (χ3v) is 6.84. The lowest BCUT2D eigenvalue weighted by molar-refractivity contribution is 0.00275. The molecule has 2 aromatic rings. The van der Waals surface area contributed by atoms with Gasteiger partial charge in [-0.05, 0) is 74.5 Å². The third-order valence-electron chi connectivity index (χ3n) is 6.84. The molecule has 5 rings (SSSR count). The van der Waals surface area contributed by atoms with Gasteiger partial charge in [-0.1, -0.05) is 18.9 Å². The van der Waals surface area contributed by atoms with Gasteiger partial charge in [0.25, 0.3) is 0 Å². The molecule has 4 nitrogen and oxygen atoms in total. The van der Waals surface area contributed by atoms with Crippen LogP contribution in [0.2, 0.25) is 0 Å². The Kier molecular flexibility index (Phi) is 3.56. The van der Waals surface area contributed by atoms with Gasteiger partial charge in [-0.25, -0.2) is 9.97 Å². The van der Waals surface area contributed by atoms with Gasteiger partial charge in [-0.15, -0.1) is 0 Å². The summed E-state index contributed by atoms with van der Waals surface area (Å²) in [5.41, 5.74) is 3.44. The van der Waals surface area contributed by atoms with Crippen LogP contribution in [-0.2, 0) is 11.8 Å². The maximum absolute atomic E-state index is 5.95. The van der Waals surface area contributed by atoms with Crippen molar-refractivity contribution in [2.24, 2.45) is 5.92 Å². The number of piperidine rings is 1. The van der Waals surface area contributed by atoms with Gasteiger partial charge in [-0.2, -0.15) is 0 Å². The van der Waals surface area contributed by atoms with Crippen molar-refractivity contribution in [3.63, 3.8) is 0 Å². The van der Waals surface area contributed by atoms with Gasteiger partial charge in [0.15, 0.2) is 0 Å². The van der Waals surface area contributed by atoms with Crippen LogP contribution in [0.5, 0.6) is 11.8 Å². The smallest absolute Gasteiger partial charge is 0.321 e.